The van der Waals surface area contributed by atoms with Crippen LogP contribution in [0.4, 0.5) is 0 Å². The van der Waals surface area contributed by atoms with Gasteiger partial charge in [0.2, 0.25) is 0 Å². The van der Waals surface area contributed by atoms with Crippen molar-refractivity contribution in [2.75, 3.05) is 13.7 Å². The zero-order chi connectivity index (χ0) is 34.2. The van der Waals surface area contributed by atoms with Crippen molar-refractivity contribution in [2.45, 2.75) is 110 Å². The van der Waals surface area contributed by atoms with E-state index in [1.807, 2.05) is 13.8 Å². The fourth-order valence-electron chi connectivity index (χ4n) is 7.85. The molecule has 48 heavy (non-hydrogen) atoms. The summed E-state index contributed by atoms with van der Waals surface area (Å²) >= 11 is 0. The second kappa shape index (κ2) is 13.5. The van der Waals surface area contributed by atoms with Crippen LogP contribution in [-0.4, -0.2) is 42.5 Å². The van der Waals surface area contributed by atoms with E-state index in [9.17, 15) is 19.5 Å². The van der Waals surface area contributed by atoms with Gasteiger partial charge < -0.3 is 28.5 Å². The van der Waals surface area contributed by atoms with E-state index in [-0.39, 0.29) is 30.4 Å². The zero-order valence-electron chi connectivity index (χ0n) is 28.6. The van der Waals surface area contributed by atoms with Gasteiger partial charge in [0, 0.05) is 30.1 Å². The minimum absolute atomic E-state index is 0.129. The van der Waals surface area contributed by atoms with Crippen LogP contribution in [-0.2, 0) is 49.7 Å². The standard InChI is InChI=1S/C39H46O9/c1-23(2)26-13-12-24-8-10-25(11-9-24)20-39(17-6-7-18-39)21-31(41)45-34-32-30(48-38(3,4)35(34)47-36(26)42)15-14-27-29(22-40)28(16-19-44-5)37(43)46-33(27)32/h8-11,14-15,34-35,40H,6-7,12-13,16-22H2,1-5H3/t34-,35-/m0/s1. The SMILES string of the molecule is COCCc1c(CO)c2ccc3c(c2oc1=O)[C@@H]1OC(=O)CC2(CCCC2)Cc2ccc(cc2)CCC(=C(C)C)C(=O)O[C@@H]1C(C)(C)O3. The number of aliphatic hydroxyl groups is 1. The van der Waals surface area contributed by atoms with Gasteiger partial charge >= 0.3 is 17.6 Å². The summed E-state index contributed by atoms with van der Waals surface area (Å²) in [7, 11) is 1.54. The van der Waals surface area contributed by atoms with Gasteiger partial charge in [-0.25, -0.2) is 9.59 Å². The third-order valence-corrected chi connectivity index (χ3v) is 10.4. The molecule has 2 bridgehead atoms. The number of rotatable bonds is 4. The summed E-state index contributed by atoms with van der Waals surface area (Å²) in [5.41, 5.74) is 2.80. The fourth-order valence-corrected chi connectivity index (χ4v) is 7.85. The number of hydrogen-bond donors (Lipinski definition) is 1. The summed E-state index contributed by atoms with van der Waals surface area (Å²) in [6, 6.07) is 12.0. The number of ether oxygens (including phenoxy) is 4. The number of fused-ring (bicyclic) bond motifs is 11. The molecule has 1 aliphatic carbocycles. The van der Waals surface area contributed by atoms with E-state index in [0.717, 1.165) is 43.2 Å². The molecule has 0 saturated heterocycles. The molecule has 1 spiro atoms. The Balaban J connectivity index is 1.52. The maximum absolute atomic E-state index is 14.2. The first-order valence-electron chi connectivity index (χ1n) is 17.0. The molecular formula is C39H46O9. The number of aryl methyl sites for hydroxylation is 1. The van der Waals surface area contributed by atoms with Crippen molar-refractivity contribution < 1.29 is 38.1 Å². The number of esters is 2. The number of carbonyl (C=O) groups is 2. The van der Waals surface area contributed by atoms with Gasteiger partial charge in [-0.3, -0.25) is 4.79 Å². The Morgan fingerprint density at radius 2 is 1.62 bits per heavy atom. The fraction of sp³-hybridized carbons (Fsp3) is 0.513. The highest BCUT2D eigenvalue weighted by Gasteiger charge is 2.51. The van der Waals surface area contributed by atoms with Crippen LogP contribution in [0.25, 0.3) is 11.0 Å². The number of aliphatic hydroxyl groups excluding tert-OH is 1. The van der Waals surface area contributed by atoms with Gasteiger partial charge in [-0.05, 0) is 94.0 Å². The highest BCUT2D eigenvalue weighted by molar-refractivity contribution is 5.90. The van der Waals surface area contributed by atoms with Crippen LogP contribution in [0, 0.1) is 5.41 Å². The second-order valence-electron chi connectivity index (χ2n) is 14.4. The minimum Gasteiger partial charge on any atom is -0.483 e. The topological polar surface area (TPSA) is 122 Å². The molecular weight excluding hydrogens is 612 g/mol. The molecule has 1 aromatic heterocycles. The van der Waals surface area contributed by atoms with Crippen LogP contribution in [0.15, 0.2) is 56.8 Å². The Labute approximate surface area is 281 Å². The zero-order valence-corrected chi connectivity index (χ0v) is 28.6. The van der Waals surface area contributed by atoms with Crippen LogP contribution in [0.5, 0.6) is 5.75 Å². The highest BCUT2D eigenvalue weighted by atomic mass is 16.6. The molecule has 7 rings (SSSR count). The van der Waals surface area contributed by atoms with Gasteiger partial charge in [-0.15, -0.1) is 0 Å². The van der Waals surface area contributed by atoms with Crippen molar-refractivity contribution in [1.29, 1.82) is 0 Å². The van der Waals surface area contributed by atoms with E-state index in [4.69, 9.17) is 23.4 Å². The number of methoxy groups -OCH3 is 1. The average Bonchev–Trinajstić information content (AvgIpc) is 3.48. The first-order valence-corrected chi connectivity index (χ1v) is 17.0. The van der Waals surface area contributed by atoms with E-state index in [2.05, 4.69) is 24.3 Å². The molecule has 4 aliphatic rings. The number of benzene rings is 2. The number of hydrogen-bond acceptors (Lipinski definition) is 9. The molecule has 9 heteroatoms. The largest absolute Gasteiger partial charge is 0.483 e. The van der Waals surface area contributed by atoms with Crippen LogP contribution >= 0.6 is 0 Å². The maximum Gasteiger partial charge on any atom is 0.339 e. The van der Waals surface area contributed by atoms with E-state index < -0.39 is 42.0 Å². The Hall–Kier alpha value is -3.95. The third kappa shape index (κ3) is 6.54. The van der Waals surface area contributed by atoms with Gasteiger partial charge in [-0.1, -0.05) is 42.7 Å². The minimum atomic E-state index is -1.15. The summed E-state index contributed by atoms with van der Waals surface area (Å²) in [5.74, 6) is -0.589. The quantitative estimate of drug-likeness (QED) is 0.187. The van der Waals surface area contributed by atoms with Crippen molar-refractivity contribution in [3.63, 3.8) is 0 Å². The van der Waals surface area contributed by atoms with Gasteiger partial charge in [-0.2, -0.15) is 0 Å². The molecule has 2 atom stereocenters. The molecule has 1 saturated carbocycles. The monoisotopic (exact) mass is 658 g/mol. The third-order valence-electron chi connectivity index (χ3n) is 10.4. The maximum atomic E-state index is 14.2. The molecule has 1 N–H and O–H groups in total. The lowest BCUT2D eigenvalue weighted by Gasteiger charge is -2.43. The number of allylic oxidation sites excluding steroid dienone is 1. The lowest BCUT2D eigenvalue weighted by atomic mass is 9.77. The Morgan fingerprint density at radius 3 is 2.29 bits per heavy atom. The van der Waals surface area contributed by atoms with E-state index >= 15 is 0 Å². The van der Waals surface area contributed by atoms with E-state index in [1.54, 1.807) is 26.0 Å². The molecule has 9 nitrogen and oxygen atoms in total. The number of carbonyl (C=O) groups excluding carboxylic acids is 2. The van der Waals surface area contributed by atoms with Crippen molar-refractivity contribution in [1.82, 2.24) is 0 Å². The highest BCUT2D eigenvalue weighted by Crippen LogP contribution is 2.49. The molecule has 0 unspecified atom stereocenters. The Morgan fingerprint density at radius 1 is 0.917 bits per heavy atom. The summed E-state index contributed by atoms with van der Waals surface area (Å²) in [6.07, 6.45) is 4.00. The lowest BCUT2D eigenvalue weighted by Crippen LogP contribution is -2.52. The molecule has 1 fully saturated rings. The molecule has 3 aliphatic heterocycles. The van der Waals surface area contributed by atoms with Crippen LogP contribution in [0.2, 0.25) is 0 Å². The van der Waals surface area contributed by atoms with E-state index in [1.165, 1.54) is 12.7 Å². The summed E-state index contributed by atoms with van der Waals surface area (Å²) in [6.45, 7) is 7.21. The van der Waals surface area contributed by atoms with Crippen LogP contribution in [0.1, 0.15) is 100 Å². The molecule has 4 heterocycles. The van der Waals surface area contributed by atoms with Crippen molar-refractivity contribution in [3.8, 4) is 5.75 Å². The first kappa shape index (κ1) is 33.9. The predicted octanol–water partition coefficient (Wildman–Crippen LogP) is 6.62. The van der Waals surface area contributed by atoms with Crippen molar-refractivity contribution >= 4 is 22.9 Å². The Bertz CT molecular complexity index is 1790. The smallest absolute Gasteiger partial charge is 0.339 e. The Kier molecular flexibility index (Phi) is 9.55. The van der Waals surface area contributed by atoms with Gasteiger partial charge in [0.1, 0.15) is 16.9 Å². The van der Waals surface area contributed by atoms with Crippen LogP contribution < -0.4 is 10.4 Å². The average molecular weight is 659 g/mol. The normalized spacial score (nSPS) is 22.2. The van der Waals surface area contributed by atoms with Crippen molar-refractivity contribution in [2.24, 2.45) is 5.41 Å². The summed E-state index contributed by atoms with van der Waals surface area (Å²) < 4.78 is 30.4. The van der Waals surface area contributed by atoms with Gasteiger partial charge in [0.05, 0.1) is 25.2 Å². The lowest BCUT2D eigenvalue weighted by molar-refractivity contribution is -0.189. The van der Waals surface area contributed by atoms with Crippen LogP contribution in [0.3, 0.4) is 0 Å². The summed E-state index contributed by atoms with van der Waals surface area (Å²) in [4.78, 5) is 41.6. The van der Waals surface area contributed by atoms with E-state index in [0.29, 0.717) is 46.2 Å². The van der Waals surface area contributed by atoms with Crippen molar-refractivity contribution in [3.05, 3.63) is 85.8 Å². The van der Waals surface area contributed by atoms with Gasteiger partial charge in [0.15, 0.2) is 12.2 Å². The molecule has 3 aromatic rings. The summed E-state index contributed by atoms with van der Waals surface area (Å²) in [5, 5.41) is 10.9. The molecule has 0 radical (unpaired) electrons. The molecule has 256 valence electrons. The second-order valence-corrected chi connectivity index (χ2v) is 14.4. The predicted molar refractivity (Wildman–Crippen MR) is 180 cm³/mol. The van der Waals surface area contributed by atoms with Gasteiger partial charge in [0.25, 0.3) is 0 Å². The first-order chi connectivity index (χ1) is 22.9. The molecule has 0 amide bonds. The molecule has 2 aromatic carbocycles.